The highest BCUT2D eigenvalue weighted by Gasteiger charge is 2.11. The van der Waals surface area contributed by atoms with Crippen LogP contribution >= 0.6 is 0 Å². The van der Waals surface area contributed by atoms with Crippen molar-refractivity contribution in [3.63, 3.8) is 0 Å². The van der Waals surface area contributed by atoms with Gasteiger partial charge in [0.15, 0.2) is 0 Å². The highest BCUT2D eigenvalue weighted by molar-refractivity contribution is 5.38. The van der Waals surface area contributed by atoms with Crippen LogP contribution in [0.5, 0.6) is 5.75 Å². The maximum Gasteiger partial charge on any atom is 0.124 e. The van der Waals surface area contributed by atoms with Gasteiger partial charge in [0, 0.05) is 18.2 Å². The Morgan fingerprint density at radius 3 is 2.67 bits per heavy atom. The smallest absolute Gasteiger partial charge is 0.124 e. The molecule has 18 heavy (non-hydrogen) atoms. The number of aliphatic hydroxyl groups is 1. The summed E-state index contributed by atoms with van der Waals surface area (Å²) in [4.78, 5) is 0. The van der Waals surface area contributed by atoms with Crippen LogP contribution in [0.2, 0.25) is 0 Å². The molecule has 1 rings (SSSR count). The Labute approximate surface area is 109 Å². The van der Waals surface area contributed by atoms with Crippen molar-refractivity contribution in [2.24, 2.45) is 5.73 Å². The third-order valence-corrected chi connectivity index (χ3v) is 2.61. The summed E-state index contributed by atoms with van der Waals surface area (Å²) >= 11 is 0. The summed E-state index contributed by atoms with van der Waals surface area (Å²) in [6.45, 7) is 6.89. The second-order valence-corrected chi connectivity index (χ2v) is 4.45. The van der Waals surface area contributed by atoms with E-state index in [0.29, 0.717) is 6.61 Å². The number of aliphatic hydroxyl groups excluding tert-OH is 1. The molecule has 3 N–H and O–H groups in total. The Hall–Kier alpha value is -1.10. The maximum absolute atomic E-state index is 9.66. The van der Waals surface area contributed by atoms with Crippen LogP contribution in [-0.2, 0) is 4.74 Å². The summed E-state index contributed by atoms with van der Waals surface area (Å²) in [7, 11) is 0. The van der Waals surface area contributed by atoms with Gasteiger partial charge in [-0.3, -0.25) is 0 Å². The first-order chi connectivity index (χ1) is 8.54. The third kappa shape index (κ3) is 4.64. The molecule has 1 aromatic rings. The molecule has 0 amide bonds. The Balaban J connectivity index is 2.62. The summed E-state index contributed by atoms with van der Waals surface area (Å²) in [5, 5.41) is 9.66. The Morgan fingerprint density at radius 2 is 2.06 bits per heavy atom. The highest BCUT2D eigenvalue weighted by atomic mass is 16.5. The molecule has 4 heteroatoms. The first kappa shape index (κ1) is 15.0. The minimum atomic E-state index is -0.619. The van der Waals surface area contributed by atoms with Gasteiger partial charge in [0.25, 0.3) is 0 Å². The van der Waals surface area contributed by atoms with E-state index in [2.05, 4.69) is 0 Å². The fourth-order valence-corrected chi connectivity index (χ4v) is 1.63. The minimum absolute atomic E-state index is 0.0929. The van der Waals surface area contributed by atoms with E-state index in [0.717, 1.165) is 16.9 Å². The monoisotopic (exact) mass is 253 g/mol. The van der Waals surface area contributed by atoms with Gasteiger partial charge in [0.2, 0.25) is 0 Å². The number of aryl methyl sites for hydroxylation is 1. The van der Waals surface area contributed by atoms with Gasteiger partial charge in [-0.25, -0.2) is 0 Å². The van der Waals surface area contributed by atoms with E-state index >= 15 is 0 Å². The van der Waals surface area contributed by atoms with Crippen molar-refractivity contribution in [2.45, 2.75) is 32.9 Å². The van der Waals surface area contributed by atoms with E-state index in [4.69, 9.17) is 15.2 Å². The zero-order valence-electron chi connectivity index (χ0n) is 11.3. The second-order valence-electron chi connectivity index (χ2n) is 4.45. The van der Waals surface area contributed by atoms with E-state index in [1.807, 2.05) is 39.0 Å². The molecule has 0 fully saturated rings. The van der Waals surface area contributed by atoms with Gasteiger partial charge in [-0.05, 0) is 32.4 Å². The molecule has 102 valence electrons. The van der Waals surface area contributed by atoms with Gasteiger partial charge >= 0.3 is 0 Å². The number of benzene rings is 1. The maximum atomic E-state index is 9.66. The van der Waals surface area contributed by atoms with E-state index in [-0.39, 0.29) is 19.3 Å². The largest absolute Gasteiger partial charge is 0.490 e. The number of nitrogens with two attached hydrogens (primary N) is 1. The Morgan fingerprint density at radius 1 is 1.33 bits per heavy atom. The lowest BCUT2D eigenvalue weighted by Crippen LogP contribution is -2.24. The average molecular weight is 253 g/mol. The molecule has 0 aliphatic rings. The number of hydrogen-bond donors (Lipinski definition) is 2. The highest BCUT2D eigenvalue weighted by Crippen LogP contribution is 2.25. The van der Waals surface area contributed by atoms with E-state index in [1.165, 1.54) is 0 Å². The summed E-state index contributed by atoms with van der Waals surface area (Å²) < 4.78 is 10.8. The predicted octanol–water partition coefficient (Wildman–Crippen LogP) is 1.79. The molecule has 0 saturated heterocycles. The summed E-state index contributed by atoms with van der Waals surface area (Å²) in [6, 6.07) is 5.81. The molecule has 1 aromatic carbocycles. The Bertz CT molecular complexity index is 366. The quantitative estimate of drug-likeness (QED) is 0.777. The minimum Gasteiger partial charge on any atom is -0.490 e. The molecule has 4 nitrogen and oxygen atoms in total. The summed E-state index contributed by atoms with van der Waals surface area (Å²) in [6.07, 6.45) is -0.619. The van der Waals surface area contributed by atoms with Crippen molar-refractivity contribution in [1.29, 1.82) is 0 Å². The molecular weight excluding hydrogens is 230 g/mol. The van der Waals surface area contributed by atoms with Gasteiger partial charge in [-0.15, -0.1) is 0 Å². The molecule has 2 atom stereocenters. The molecule has 0 radical (unpaired) electrons. The van der Waals surface area contributed by atoms with Crippen LogP contribution in [-0.4, -0.2) is 31.0 Å². The SMILES string of the molecule is CCOCC(O)COc1cc(C)ccc1C(C)N. The predicted molar refractivity (Wildman–Crippen MR) is 71.8 cm³/mol. The molecule has 0 aromatic heterocycles. The molecule has 0 heterocycles. The van der Waals surface area contributed by atoms with Gasteiger partial charge in [-0.1, -0.05) is 12.1 Å². The second kappa shape index (κ2) is 7.36. The van der Waals surface area contributed by atoms with Crippen molar-refractivity contribution < 1.29 is 14.6 Å². The number of hydrogen-bond acceptors (Lipinski definition) is 4. The topological polar surface area (TPSA) is 64.7 Å². The van der Waals surface area contributed by atoms with Crippen molar-refractivity contribution in [1.82, 2.24) is 0 Å². The van der Waals surface area contributed by atoms with E-state index in [1.54, 1.807) is 0 Å². The standard InChI is InChI=1S/C14H23NO3/c1-4-17-8-12(16)9-18-14-7-10(2)5-6-13(14)11(3)15/h5-7,11-12,16H,4,8-9,15H2,1-3H3. The van der Waals surface area contributed by atoms with E-state index < -0.39 is 6.10 Å². The lowest BCUT2D eigenvalue weighted by atomic mass is 10.1. The number of rotatable bonds is 7. The lowest BCUT2D eigenvalue weighted by molar-refractivity contribution is 0.0162. The van der Waals surface area contributed by atoms with Gasteiger partial charge in [-0.2, -0.15) is 0 Å². The lowest BCUT2D eigenvalue weighted by Gasteiger charge is -2.17. The zero-order valence-corrected chi connectivity index (χ0v) is 11.3. The van der Waals surface area contributed by atoms with Crippen LogP contribution in [0.4, 0.5) is 0 Å². The van der Waals surface area contributed by atoms with Crippen LogP contribution in [0.3, 0.4) is 0 Å². The fraction of sp³-hybridized carbons (Fsp3) is 0.571. The molecule has 0 aliphatic heterocycles. The average Bonchev–Trinajstić information content (AvgIpc) is 2.33. The van der Waals surface area contributed by atoms with Crippen LogP contribution in [0.15, 0.2) is 18.2 Å². The van der Waals surface area contributed by atoms with Crippen molar-refractivity contribution in [2.75, 3.05) is 19.8 Å². The third-order valence-electron chi connectivity index (χ3n) is 2.61. The van der Waals surface area contributed by atoms with Crippen LogP contribution < -0.4 is 10.5 Å². The number of ether oxygens (including phenoxy) is 2. The van der Waals surface area contributed by atoms with Crippen molar-refractivity contribution in [3.8, 4) is 5.75 Å². The van der Waals surface area contributed by atoms with Crippen molar-refractivity contribution in [3.05, 3.63) is 29.3 Å². The van der Waals surface area contributed by atoms with Gasteiger partial charge in [0.1, 0.15) is 18.5 Å². The molecule has 0 saturated carbocycles. The summed E-state index contributed by atoms with van der Waals surface area (Å²) in [5.41, 5.74) is 7.94. The normalized spacial score (nSPS) is 14.3. The summed E-state index contributed by atoms with van der Waals surface area (Å²) in [5.74, 6) is 0.737. The van der Waals surface area contributed by atoms with Gasteiger partial charge in [0.05, 0.1) is 6.61 Å². The molecule has 2 unspecified atom stereocenters. The van der Waals surface area contributed by atoms with E-state index in [9.17, 15) is 5.11 Å². The van der Waals surface area contributed by atoms with Crippen LogP contribution in [0.25, 0.3) is 0 Å². The molecule has 0 spiro atoms. The molecule has 0 aliphatic carbocycles. The first-order valence-corrected chi connectivity index (χ1v) is 6.29. The zero-order chi connectivity index (χ0) is 13.5. The van der Waals surface area contributed by atoms with Crippen molar-refractivity contribution >= 4 is 0 Å². The van der Waals surface area contributed by atoms with Gasteiger partial charge < -0.3 is 20.3 Å². The Kier molecular flexibility index (Phi) is 6.12. The van der Waals surface area contributed by atoms with Crippen LogP contribution in [0.1, 0.15) is 31.0 Å². The first-order valence-electron chi connectivity index (χ1n) is 6.29. The van der Waals surface area contributed by atoms with Crippen LogP contribution in [0, 0.1) is 6.92 Å². The fourth-order valence-electron chi connectivity index (χ4n) is 1.63. The molecular formula is C14H23NO3. The molecule has 0 bridgehead atoms.